The minimum atomic E-state index is -0.219. The van der Waals surface area contributed by atoms with Crippen molar-refractivity contribution < 1.29 is 4.79 Å². The molecule has 0 saturated carbocycles. The number of carbonyl (C=O) groups excluding carboxylic acids is 1. The van der Waals surface area contributed by atoms with Crippen molar-refractivity contribution in [3.8, 4) is 0 Å². The zero-order valence-electron chi connectivity index (χ0n) is 11.9. The van der Waals surface area contributed by atoms with E-state index in [1.807, 2.05) is 31.2 Å². The molecule has 0 bridgehead atoms. The molecule has 0 aliphatic rings. The Bertz CT molecular complexity index is 407. The zero-order chi connectivity index (χ0) is 14.3. The van der Waals surface area contributed by atoms with E-state index < -0.39 is 0 Å². The summed E-state index contributed by atoms with van der Waals surface area (Å²) in [5, 5.41) is 6.84. The van der Waals surface area contributed by atoms with Crippen LogP contribution in [0.4, 0.5) is 0 Å². The molecule has 1 aromatic carbocycles. The first-order valence-corrected chi connectivity index (χ1v) is 7.13. The fraction of sp³-hybridized carbons (Fsp3) is 0.533. The Kier molecular flexibility index (Phi) is 6.89. The number of amides is 1. The average Bonchev–Trinajstić information content (AvgIpc) is 2.36. The number of halogens is 1. The van der Waals surface area contributed by atoms with Crippen molar-refractivity contribution in [1.82, 2.24) is 10.6 Å². The van der Waals surface area contributed by atoms with Crippen LogP contribution in [-0.4, -0.2) is 18.5 Å². The molecule has 0 spiro atoms. The minimum Gasteiger partial charge on any atom is -0.355 e. The van der Waals surface area contributed by atoms with E-state index in [9.17, 15) is 4.79 Å². The normalized spacial score (nSPS) is 12.5. The molecule has 2 N–H and O–H groups in total. The second-order valence-electron chi connectivity index (χ2n) is 5.17. The van der Waals surface area contributed by atoms with Crippen LogP contribution in [0.5, 0.6) is 0 Å². The Morgan fingerprint density at radius 1 is 1.26 bits per heavy atom. The van der Waals surface area contributed by atoms with Gasteiger partial charge >= 0.3 is 0 Å². The lowest BCUT2D eigenvalue weighted by Gasteiger charge is -2.15. The van der Waals surface area contributed by atoms with Crippen molar-refractivity contribution in [2.45, 2.75) is 39.8 Å². The Labute approximate surface area is 120 Å². The summed E-state index contributed by atoms with van der Waals surface area (Å²) in [5.41, 5.74) is 1.01. The van der Waals surface area contributed by atoms with Gasteiger partial charge in [0.05, 0.1) is 6.04 Å². The Morgan fingerprint density at radius 2 is 1.95 bits per heavy atom. The van der Waals surface area contributed by atoms with E-state index in [-0.39, 0.29) is 11.9 Å². The highest BCUT2D eigenvalue weighted by Crippen LogP contribution is 2.14. The van der Waals surface area contributed by atoms with Crippen LogP contribution in [0.1, 0.15) is 32.8 Å². The molecule has 0 aromatic heterocycles. The van der Waals surface area contributed by atoms with Crippen LogP contribution in [0.25, 0.3) is 0 Å². The summed E-state index contributed by atoms with van der Waals surface area (Å²) < 4.78 is 0. The topological polar surface area (TPSA) is 41.1 Å². The molecule has 4 heteroatoms. The SMILES string of the molecule is CC(C)CCNC(=O)C(C)NCc1ccccc1Cl. The Hall–Kier alpha value is -1.06. The maximum atomic E-state index is 11.8. The van der Waals surface area contributed by atoms with Gasteiger partial charge in [0.1, 0.15) is 0 Å². The number of hydrogen-bond acceptors (Lipinski definition) is 2. The molecule has 106 valence electrons. The summed E-state index contributed by atoms with van der Waals surface area (Å²) in [6.45, 7) is 7.48. The first kappa shape index (κ1) is 16.0. The van der Waals surface area contributed by atoms with Gasteiger partial charge in [0.25, 0.3) is 0 Å². The number of hydrogen-bond donors (Lipinski definition) is 2. The lowest BCUT2D eigenvalue weighted by Crippen LogP contribution is -2.42. The minimum absolute atomic E-state index is 0.0349. The van der Waals surface area contributed by atoms with Gasteiger partial charge in [0.2, 0.25) is 5.91 Å². The highest BCUT2D eigenvalue weighted by molar-refractivity contribution is 6.31. The second kappa shape index (κ2) is 8.18. The highest BCUT2D eigenvalue weighted by atomic mass is 35.5. The molecule has 0 aliphatic carbocycles. The van der Waals surface area contributed by atoms with E-state index in [2.05, 4.69) is 24.5 Å². The lowest BCUT2D eigenvalue weighted by atomic mass is 10.1. The zero-order valence-corrected chi connectivity index (χ0v) is 12.6. The molecule has 3 nitrogen and oxygen atoms in total. The molecule has 0 radical (unpaired) electrons. The van der Waals surface area contributed by atoms with Crippen LogP contribution in [-0.2, 0) is 11.3 Å². The van der Waals surface area contributed by atoms with E-state index in [0.717, 1.165) is 23.6 Å². The summed E-state index contributed by atoms with van der Waals surface area (Å²) in [5.74, 6) is 0.638. The number of rotatable bonds is 7. The molecular formula is C15H23ClN2O. The summed E-state index contributed by atoms with van der Waals surface area (Å²) in [6, 6.07) is 7.43. The van der Waals surface area contributed by atoms with Crippen LogP contribution in [0.3, 0.4) is 0 Å². The van der Waals surface area contributed by atoms with Gasteiger partial charge in [-0.25, -0.2) is 0 Å². The predicted octanol–water partition coefficient (Wildman–Crippen LogP) is 2.98. The third-order valence-electron chi connectivity index (χ3n) is 2.97. The second-order valence-corrected chi connectivity index (χ2v) is 5.57. The van der Waals surface area contributed by atoms with Crippen molar-refractivity contribution in [1.29, 1.82) is 0 Å². The summed E-state index contributed by atoms with van der Waals surface area (Å²) in [4.78, 5) is 11.8. The molecule has 1 unspecified atom stereocenters. The van der Waals surface area contributed by atoms with Gasteiger partial charge in [-0.3, -0.25) is 4.79 Å². The van der Waals surface area contributed by atoms with E-state index in [1.165, 1.54) is 0 Å². The smallest absolute Gasteiger partial charge is 0.236 e. The van der Waals surface area contributed by atoms with Crippen molar-refractivity contribution >= 4 is 17.5 Å². The average molecular weight is 283 g/mol. The first-order chi connectivity index (χ1) is 9.00. The maximum absolute atomic E-state index is 11.8. The third kappa shape index (κ3) is 6.08. The fourth-order valence-electron chi connectivity index (χ4n) is 1.63. The quantitative estimate of drug-likeness (QED) is 0.807. The molecule has 1 rings (SSSR count). The van der Waals surface area contributed by atoms with Gasteiger partial charge in [-0.05, 0) is 30.9 Å². The molecule has 1 amide bonds. The van der Waals surface area contributed by atoms with Crippen molar-refractivity contribution in [3.63, 3.8) is 0 Å². The van der Waals surface area contributed by atoms with Crippen LogP contribution < -0.4 is 10.6 Å². The summed E-state index contributed by atoms with van der Waals surface area (Å²) >= 11 is 6.07. The van der Waals surface area contributed by atoms with Crippen molar-refractivity contribution in [2.24, 2.45) is 5.92 Å². The number of nitrogens with one attached hydrogen (secondary N) is 2. The summed E-state index contributed by atoms with van der Waals surface area (Å²) in [7, 11) is 0. The lowest BCUT2D eigenvalue weighted by molar-refractivity contribution is -0.122. The maximum Gasteiger partial charge on any atom is 0.236 e. The molecule has 0 heterocycles. The molecule has 19 heavy (non-hydrogen) atoms. The molecule has 0 saturated heterocycles. The van der Waals surface area contributed by atoms with Gasteiger partial charge in [0.15, 0.2) is 0 Å². The monoisotopic (exact) mass is 282 g/mol. The molecule has 1 aromatic rings. The Balaban J connectivity index is 2.32. The van der Waals surface area contributed by atoms with Crippen LogP contribution >= 0.6 is 11.6 Å². The first-order valence-electron chi connectivity index (χ1n) is 6.75. The summed E-state index contributed by atoms with van der Waals surface area (Å²) in [6.07, 6.45) is 1.00. The molecular weight excluding hydrogens is 260 g/mol. The number of carbonyl (C=O) groups is 1. The molecule has 0 fully saturated rings. The van der Waals surface area contributed by atoms with Gasteiger partial charge in [0, 0.05) is 18.1 Å². The van der Waals surface area contributed by atoms with E-state index in [4.69, 9.17) is 11.6 Å². The number of benzene rings is 1. The van der Waals surface area contributed by atoms with Crippen LogP contribution in [0.15, 0.2) is 24.3 Å². The predicted molar refractivity (Wildman–Crippen MR) is 80.2 cm³/mol. The van der Waals surface area contributed by atoms with Gasteiger partial charge in [-0.1, -0.05) is 43.6 Å². The van der Waals surface area contributed by atoms with Gasteiger partial charge < -0.3 is 10.6 Å². The molecule has 1 atom stereocenters. The largest absolute Gasteiger partial charge is 0.355 e. The van der Waals surface area contributed by atoms with E-state index >= 15 is 0 Å². The Morgan fingerprint density at radius 3 is 2.58 bits per heavy atom. The van der Waals surface area contributed by atoms with Crippen molar-refractivity contribution in [2.75, 3.05) is 6.54 Å². The van der Waals surface area contributed by atoms with Crippen molar-refractivity contribution in [3.05, 3.63) is 34.9 Å². The van der Waals surface area contributed by atoms with Crippen LogP contribution in [0.2, 0.25) is 5.02 Å². The fourth-order valence-corrected chi connectivity index (χ4v) is 1.84. The van der Waals surface area contributed by atoms with E-state index in [1.54, 1.807) is 0 Å². The van der Waals surface area contributed by atoms with Crippen LogP contribution in [0, 0.1) is 5.92 Å². The van der Waals surface area contributed by atoms with E-state index in [0.29, 0.717) is 12.5 Å². The molecule has 0 aliphatic heterocycles. The van der Waals surface area contributed by atoms with Gasteiger partial charge in [-0.15, -0.1) is 0 Å². The highest BCUT2D eigenvalue weighted by Gasteiger charge is 2.12. The standard InChI is InChI=1S/C15H23ClN2O/c1-11(2)8-9-17-15(19)12(3)18-10-13-6-4-5-7-14(13)16/h4-7,11-12,18H,8-10H2,1-3H3,(H,17,19). The van der Waals surface area contributed by atoms with Gasteiger partial charge in [-0.2, -0.15) is 0 Å². The third-order valence-corrected chi connectivity index (χ3v) is 3.34.